The van der Waals surface area contributed by atoms with Crippen LogP contribution < -0.4 is 31.8 Å². The maximum Gasteiger partial charge on any atom is 0.330 e. The second-order valence-electron chi connectivity index (χ2n) is 12.1. The molecule has 1 amide bonds. The van der Waals surface area contributed by atoms with Gasteiger partial charge in [0.15, 0.2) is 0 Å². The van der Waals surface area contributed by atoms with Crippen molar-refractivity contribution >= 4 is 5.91 Å². The second-order valence-corrected chi connectivity index (χ2v) is 12.1. The minimum absolute atomic E-state index is 0.0201. The number of unbranched alkanes of at least 4 members (excludes halogenated alkanes) is 2. The van der Waals surface area contributed by atoms with Crippen molar-refractivity contribution in [2.45, 2.75) is 56.1 Å². The average molecular weight is 697 g/mol. The van der Waals surface area contributed by atoms with Crippen molar-refractivity contribution in [3.63, 3.8) is 0 Å². The van der Waals surface area contributed by atoms with Crippen molar-refractivity contribution in [3.05, 3.63) is 128 Å². The molecule has 1 aliphatic heterocycles. The molecule has 0 bridgehead atoms. The van der Waals surface area contributed by atoms with Crippen LogP contribution in [-0.4, -0.2) is 66.7 Å². The molecule has 51 heavy (non-hydrogen) atoms. The quantitative estimate of drug-likeness (QED) is 0.0830. The molecule has 1 aliphatic rings. The Kier molecular flexibility index (Phi) is 12.8. The lowest BCUT2D eigenvalue weighted by Crippen LogP contribution is -2.38. The van der Waals surface area contributed by atoms with Crippen LogP contribution in [0.1, 0.15) is 60.6 Å². The monoisotopic (exact) mass is 696 g/mol. The van der Waals surface area contributed by atoms with Gasteiger partial charge in [0, 0.05) is 19.0 Å². The molecule has 0 spiro atoms. The molecule has 12 heteroatoms. The average Bonchev–Trinajstić information content (AvgIpc) is 3.53. The number of aliphatic hydroxyl groups is 1. The largest absolute Gasteiger partial charge is 0.497 e. The summed E-state index contributed by atoms with van der Waals surface area (Å²) in [5.41, 5.74) is 5.46. The molecule has 5 N–H and O–H groups in total. The first-order valence-electron chi connectivity index (χ1n) is 16.9. The van der Waals surface area contributed by atoms with Crippen LogP contribution >= 0.6 is 0 Å². The number of methoxy groups -OCH3 is 2. The maximum atomic E-state index is 12.9. The van der Waals surface area contributed by atoms with E-state index < -0.39 is 35.3 Å². The second kappa shape index (κ2) is 17.6. The van der Waals surface area contributed by atoms with Crippen molar-refractivity contribution < 1.29 is 28.8 Å². The van der Waals surface area contributed by atoms with Crippen molar-refractivity contribution in [3.8, 4) is 23.3 Å². The van der Waals surface area contributed by atoms with Gasteiger partial charge in [-0.3, -0.25) is 19.1 Å². The predicted molar refractivity (Wildman–Crippen MR) is 192 cm³/mol. The van der Waals surface area contributed by atoms with E-state index in [0.29, 0.717) is 24.5 Å². The van der Waals surface area contributed by atoms with Gasteiger partial charge in [-0.2, -0.15) is 0 Å². The third-order valence-electron chi connectivity index (χ3n) is 8.82. The summed E-state index contributed by atoms with van der Waals surface area (Å²) in [6.45, 7) is 0.576. The van der Waals surface area contributed by atoms with Crippen molar-refractivity contribution in [1.82, 2.24) is 14.9 Å². The van der Waals surface area contributed by atoms with Gasteiger partial charge in [0.1, 0.15) is 35.0 Å². The molecule has 4 aromatic rings. The van der Waals surface area contributed by atoms with Gasteiger partial charge in [0.2, 0.25) is 5.91 Å². The SMILES string of the molecule is COc1ccc(C(OC[C@H]2O[C@@H](n3cc(C#CCNC(=O)CCCCCN)c(=O)[nH]c3=O)C[C@@H]2O)(c2ccccc2)c2ccc(OC)cc2)cc1. The molecular weight excluding hydrogens is 652 g/mol. The van der Waals surface area contributed by atoms with E-state index in [1.807, 2.05) is 78.9 Å². The maximum absolute atomic E-state index is 12.9. The van der Waals surface area contributed by atoms with Crippen LogP contribution in [0.25, 0.3) is 0 Å². The molecule has 12 nitrogen and oxygen atoms in total. The Bertz CT molecular complexity index is 1870. The Morgan fingerprint density at radius 2 is 1.59 bits per heavy atom. The molecule has 3 aromatic carbocycles. The number of nitrogens with one attached hydrogen (secondary N) is 2. The lowest BCUT2D eigenvalue weighted by Gasteiger charge is -2.37. The van der Waals surface area contributed by atoms with E-state index in [2.05, 4.69) is 22.1 Å². The third kappa shape index (κ3) is 8.95. The molecule has 0 unspecified atom stereocenters. The van der Waals surface area contributed by atoms with Crippen LogP contribution in [-0.2, 0) is 19.9 Å². The zero-order valence-electron chi connectivity index (χ0n) is 28.8. The minimum Gasteiger partial charge on any atom is -0.497 e. The summed E-state index contributed by atoms with van der Waals surface area (Å²) in [6.07, 6.45) is 1.48. The van der Waals surface area contributed by atoms with E-state index in [-0.39, 0.29) is 31.0 Å². The summed E-state index contributed by atoms with van der Waals surface area (Å²) < 4.78 is 25.2. The Morgan fingerprint density at radius 1 is 0.961 bits per heavy atom. The van der Waals surface area contributed by atoms with E-state index in [9.17, 15) is 19.5 Å². The number of nitrogens with two attached hydrogens (primary N) is 1. The highest BCUT2D eigenvalue weighted by molar-refractivity contribution is 5.76. The highest BCUT2D eigenvalue weighted by atomic mass is 16.6. The Hall–Kier alpha value is -5.19. The lowest BCUT2D eigenvalue weighted by molar-refractivity contribution is -0.120. The Morgan fingerprint density at radius 3 is 2.20 bits per heavy atom. The van der Waals surface area contributed by atoms with E-state index in [4.69, 9.17) is 24.7 Å². The number of hydrogen-bond donors (Lipinski definition) is 4. The van der Waals surface area contributed by atoms with E-state index in [1.165, 1.54) is 10.8 Å². The van der Waals surface area contributed by atoms with Gasteiger partial charge < -0.3 is 35.1 Å². The zero-order chi connectivity index (χ0) is 36.2. The minimum atomic E-state index is -1.14. The number of nitrogens with zero attached hydrogens (tertiary/aromatic N) is 1. The first-order valence-corrected chi connectivity index (χ1v) is 16.9. The van der Waals surface area contributed by atoms with Gasteiger partial charge in [0.25, 0.3) is 5.56 Å². The number of hydrogen-bond acceptors (Lipinski definition) is 9. The normalized spacial score (nSPS) is 17.0. The molecule has 1 saturated heterocycles. The number of carbonyl (C=O) groups excluding carboxylic acids is 1. The van der Waals surface area contributed by atoms with Crippen molar-refractivity contribution in [1.29, 1.82) is 0 Å². The molecule has 1 aromatic heterocycles. The smallest absolute Gasteiger partial charge is 0.330 e. The molecule has 5 rings (SSSR count). The highest BCUT2D eigenvalue weighted by Gasteiger charge is 2.42. The summed E-state index contributed by atoms with van der Waals surface area (Å²) >= 11 is 0. The van der Waals surface area contributed by atoms with Crippen molar-refractivity contribution in [2.24, 2.45) is 5.73 Å². The summed E-state index contributed by atoms with van der Waals surface area (Å²) in [6, 6.07) is 24.9. The fourth-order valence-corrected chi connectivity index (χ4v) is 6.08. The lowest BCUT2D eigenvalue weighted by atomic mass is 9.80. The van der Waals surface area contributed by atoms with E-state index in [1.54, 1.807) is 14.2 Å². The molecule has 0 aliphatic carbocycles. The van der Waals surface area contributed by atoms with Gasteiger partial charge in [-0.05, 0) is 60.3 Å². The number of aromatic amines is 1. The summed E-state index contributed by atoms with van der Waals surface area (Å²) in [4.78, 5) is 39.8. The Balaban J connectivity index is 1.37. The number of amides is 1. The first kappa shape index (κ1) is 37.1. The first-order chi connectivity index (χ1) is 24.8. The van der Waals surface area contributed by atoms with Gasteiger partial charge in [-0.25, -0.2) is 4.79 Å². The number of rotatable bonds is 15. The fourth-order valence-electron chi connectivity index (χ4n) is 6.08. The van der Waals surface area contributed by atoms with E-state index >= 15 is 0 Å². The zero-order valence-corrected chi connectivity index (χ0v) is 28.8. The molecule has 0 saturated carbocycles. The Labute approximate surface area is 296 Å². The summed E-state index contributed by atoms with van der Waals surface area (Å²) in [7, 11) is 3.21. The number of H-pyrrole nitrogens is 1. The van der Waals surface area contributed by atoms with Crippen LogP contribution in [0.5, 0.6) is 11.5 Å². The van der Waals surface area contributed by atoms with E-state index in [0.717, 1.165) is 36.0 Å². The highest BCUT2D eigenvalue weighted by Crippen LogP contribution is 2.42. The van der Waals surface area contributed by atoms with Crippen molar-refractivity contribution in [2.75, 3.05) is 33.9 Å². The molecule has 1 fully saturated rings. The van der Waals surface area contributed by atoms with Crippen LogP contribution in [0.3, 0.4) is 0 Å². The number of ether oxygens (including phenoxy) is 4. The summed E-state index contributed by atoms with van der Waals surface area (Å²) in [5.74, 6) is 6.72. The predicted octanol–water partition coefficient (Wildman–Crippen LogP) is 3.20. The fraction of sp³-hybridized carbons (Fsp3) is 0.359. The molecule has 3 atom stereocenters. The number of benzene rings is 3. The van der Waals surface area contributed by atoms with Gasteiger partial charge in [-0.1, -0.05) is 72.9 Å². The van der Waals surface area contributed by atoms with Gasteiger partial charge >= 0.3 is 5.69 Å². The number of carbonyl (C=O) groups is 1. The van der Waals surface area contributed by atoms with Gasteiger partial charge in [0.05, 0.1) is 33.5 Å². The van der Waals surface area contributed by atoms with Gasteiger partial charge in [-0.15, -0.1) is 0 Å². The molecular formula is C39H44N4O8. The van der Waals surface area contributed by atoms with Crippen LogP contribution in [0.4, 0.5) is 0 Å². The number of aliphatic hydroxyl groups excluding tert-OH is 1. The van der Waals surface area contributed by atoms with Crippen LogP contribution in [0.15, 0.2) is 94.6 Å². The summed E-state index contributed by atoms with van der Waals surface area (Å²) in [5, 5.41) is 13.9. The third-order valence-corrected chi connectivity index (χ3v) is 8.82. The number of aromatic nitrogens is 2. The topological polar surface area (TPSA) is 167 Å². The molecule has 268 valence electrons. The standard InChI is InChI=1S/C39H44N4O8/c1-48-31-18-14-29(15-19-31)39(28-11-5-3-6-12-28,30-16-20-32(49-2)21-17-30)50-26-34-33(44)24-36(51-34)43-25-27(37(46)42-38(43)47)10-9-23-41-35(45)13-7-4-8-22-40/h3,5-6,11-12,14-21,25,33-34,36,44H,4,7-8,13,22-24,26,40H2,1-2H3,(H,41,45)(H,42,46,47)/t33-,34+,36+/m0/s1. The van der Waals surface area contributed by atoms with Crippen LogP contribution in [0, 0.1) is 11.8 Å². The van der Waals surface area contributed by atoms with Crippen LogP contribution in [0.2, 0.25) is 0 Å². The molecule has 0 radical (unpaired) electrons. The molecule has 2 heterocycles.